The first-order chi connectivity index (χ1) is 14.2. The standard InChI is InChI=1S/C24H25N3OS/c1-4-5-6-17-7-11-19(12-8-17)27-23-22-21(15-29-24(22)26-16(2)25-23)18-9-13-20(28-3)14-10-18/h7-15H,4-6H2,1-3H3,(H,25,26,27). The number of rotatable bonds is 7. The number of hydrogen-bond acceptors (Lipinski definition) is 5. The van der Waals surface area contributed by atoms with Crippen molar-refractivity contribution in [2.75, 3.05) is 12.4 Å². The zero-order valence-corrected chi connectivity index (χ0v) is 17.8. The topological polar surface area (TPSA) is 47.0 Å². The summed E-state index contributed by atoms with van der Waals surface area (Å²) in [6.45, 7) is 4.16. The van der Waals surface area contributed by atoms with Crippen LogP contribution in [0.5, 0.6) is 5.75 Å². The van der Waals surface area contributed by atoms with Crippen molar-refractivity contribution in [1.29, 1.82) is 0 Å². The number of hydrogen-bond donors (Lipinski definition) is 1. The lowest BCUT2D eigenvalue weighted by molar-refractivity contribution is 0.415. The Balaban J connectivity index is 1.70. The smallest absolute Gasteiger partial charge is 0.143 e. The molecule has 5 heteroatoms. The molecule has 0 atom stereocenters. The maximum atomic E-state index is 5.29. The molecular weight excluding hydrogens is 378 g/mol. The van der Waals surface area contributed by atoms with Crippen molar-refractivity contribution in [3.05, 3.63) is 65.3 Å². The van der Waals surface area contributed by atoms with E-state index < -0.39 is 0 Å². The molecule has 0 saturated carbocycles. The second-order valence-electron chi connectivity index (χ2n) is 7.10. The SMILES string of the molecule is CCCCc1ccc(Nc2nc(C)nc3scc(-c4ccc(OC)cc4)c23)cc1. The first kappa shape index (κ1) is 19.4. The fraction of sp³-hybridized carbons (Fsp3) is 0.250. The van der Waals surface area contributed by atoms with Crippen LogP contribution in [-0.2, 0) is 6.42 Å². The second-order valence-corrected chi connectivity index (χ2v) is 7.96. The van der Waals surface area contributed by atoms with Crippen LogP contribution in [0.4, 0.5) is 11.5 Å². The number of anilines is 2. The van der Waals surface area contributed by atoms with Crippen LogP contribution in [0.15, 0.2) is 53.9 Å². The zero-order valence-electron chi connectivity index (χ0n) is 17.0. The van der Waals surface area contributed by atoms with Crippen LogP contribution in [0.1, 0.15) is 31.2 Å². The van der Waals surface area contributed by atoms with E-state index in [1.807, 2.05) is 19.1 Å². The van der Waals surface area contributed by atoms with Gasteiger partial charge in [0.05, 0.1) is 12.5 Å². The lowest BCUT2D eigenvalue weighted by atomic mass is 10.1. The van der Waals surface area contributed by atoms with Crippen molar-refractivity contribution >= 4 is 33.1 Å². The minimum atomic E-state index is 0.766. The maximum absolute atomic E-state index is 5.29. The Hall–Kier alpha value is -2.92. The molecule has 0 bridgehead atoms. The first-order valence-electron chi connectivity index (χ1n) is 9.94. The molecule has 4 rings (SSSR count). The molecule has 0 unspecified atom stereocenters. The van der Waals surface area contributed by atoms with E-state index in [9.17, 15) is 0 Å². The lowest BCUT2D eigenvalue weighted by Gasteiger charge is -2.11. The number of aryl methyl sites for hydroxylation is 2. The summed E-state index contributed by atoms with van der Waals surface area (Å²) in [5.74, 6) is 2.46. The molecule has 1 N–H and O–H groups in total. The van der Waals surface area contributed by atoms with E-state index in [1.54, 1.807) is 18.4 Å². The monoisotopic (exact) mass is 403 g/mol. The third kappa shape index (κ3) is 4.25. The van der Waals surface area contributed by atoms with Crippen molar-refractivity contribution < 1.29 is 4.74 Å². The number of nitrogens with zero attached hydrogens (tertiary/aromatic N) is 2. The molecule has 0 fully saturated rings. The van der Waals surface area contributed by atoms with E-state index >= 15 is 0 Å². The van der Waals surface area contributed by atoms with Gasteiger partial charge < -0.3 is 10.1 Å². The fourth-order valence-electron chi connectivity index (χ4n) is 3.39. The highest BCUT2D eigenvalue weighted by Crippen LogP contribution is 2.38. The average Bonchev–Trinajstić information content (AvgIpc) is 3.17. The molecule has 0 spiro atoms. The van der Waals surface area contributed by atoms with E-state index in [0.717, 1.165) is 50.8 Å². The number of benzene rings is 2. The molecule has 148 valence electrons. The Labute approximate surface area is 175 Å². The number of ether oxygens (including phenoxy) is 1. The highest BCUT2D eigenvalue weighted by atomic mass is 32.1. The predicted molar refractivity (Wildman–Crippen MR) is 122 cm³/mol. The van der Waals surface area contributed by atoms with E-state index in [1.165, 1.54) is 18.4 Å². The van der Waals surface area contributed by atoms with Gasteiger partial charge in [-0.05, 0) is 55.2 Å². The van der Waals surface area contributed by atoms with Gasteiger partial charge in [-0.2, -0.15) is 0 Å². The highest BCUT2D eigenvalue weighted by Gasteiger charge is 2.15. The van der Waals surface area contributed by atoms with E-state index in [2.05, 4.69) is 59.0 Å². The number of nitrogens with one attached hydrogen (secondary N) is 1. The van der Waals surface area contributed by atoms with Crippen molar-refractivity contribution in [3.8, 4) is 16.9 Å². The summed E-state index contributed by atoms with van der Waals surface area (Å²) in [6, 6.07) is 16.8. The molecule has 4 nitrogen and oxygen atoms in total. The number of methoxy groups -OCH3 is 1. The summed E-state index contributed by atoms with van der Waals surface area (Å²) < 4.78 is 5.29. The van der Waals surface area contributed by atoms with Crippen molar-refractivity contribution in [2.24, 2.45) is 0 Å². The normalized spacial score (nSPS) is 11.0. The van der Waals surface area contributed by atoms with Crippen LogP contribution < -0.4 is 10.1 Å². The van der Waals surface area contributed by atoms with E-state index in [-0.39, 0.29) is 0 Å². The van der Waals surface area contributed by atoms with Gasteiger partial charge in [-0.3, -0.25) is 0 Å². The molecule has 0 aliphatic rings. The molecule has 2 aromatic heterocycles. The minimum Gasteiger partial charge on any atom is -0.497 e. The van der Waals surface area contributed by atoms with Gasteiger partial charge in [-0.15, -0.1) is 11.3 Å². The van der Waals surface area contributed by atoms with E-state index in [0.29, 0.717) is 0 Å². The summed E-state index contributed by atoms with van der Waals surface area (Å²) >= 11 is 1.65. The summed E-state index contributed by atoms with van der Waals surface area (Å²) in [5, 5.41) is 6.73. The largest absolute Gasteiger partial charge is 0.497 e. The van der Waals surface area contributed by atoms with E-state index in [4.69, 9.17) is 9.72 Å². The molecule has 0 radical (unpaired) electrons. The minimum absolute atomic E-state index is 0.766. The van der Waals surface area contributed by atoms with Gasteiger partial charge in [0, 0.05) is 16.6 Å². The van der Waals surface area contributed by atoms with Gasteiger partial charge in [-0.1, -0.05) is 37.6 Å². The van der Waals surface area contributed by atoms with Gasteiger partial charge >= 0.3 is 0 Å². The molecule has 0 aliphatic carbocycles. The first-order valence-corrected chi connectivity index (χ1v) is 10.8. The number of unbranched alkanes of at least 4 members (excludes halogenated alkanes) is 1. The Bertz CT molecular complexity index is 1100. The fourth-order valence-corrected chi connectivity index (χ4v) is 4.39. The van der Waals surface area contributed by atoms with Gasteiger partial charge in [0.2, 0.25) is 0 Å². The Morgan fingerprint density at radius 3 is 2.45 bits per heavy atom. The third-order valence-electron chi connectivity index (χ3n) is 4.98. The molecule has 0 amide bonds. The van der Waals surface area contributed by atoms with Gasteiger partial charge in [0.15, 0.2) is 0 Å². The van der Waals surface area contributed by atoms with Gasteiger partial charge in [-0.25, -0.2) is 9.97 Å². The van der Waals surface area contributed by atoms with Crippen molar-refractivity contribution in [3.63, 3.8) is 0 Å². The Morgan fingerprint density at radius 1 is 1.00 bits per heavy atom. The maximum Gasteiger partial charge on any atom is 0.143 e. The number of aromatic nitrogens is 2. The molecule has 2 aromatic carbocycles. The molecule has 4 aromatic rings. The highest BCUT2D eigenvalue weighted by molar-refractivity contribution is 7.17. The van der Waals surface area contributed by atoms with Gasteiger partial charge in [0.25, 0.3) is 0 Å². The molecule has 0 saturated heterocycles. The van der Waals surface area contributed by atoms with Crippen molar-refractivity contribution in [2.45, 2.75) is 33.1 Å². The summed E-state index contributed by atoms with van der Waals surface area (Å²) in [6.07, 6.45) is 3.56. The Morgan fingerprint density at radius 2 is 1.76 bits per heavy atom. The average molecular weight is 404 g/mol. The zero-order chi connectivity index (χ0) is 20.2. The lowest BCUT2D eigenvalue weighted by Crippen LogP contribution is -1.98. The summed E-state index contributed by atoms with van der Waals surface area (Å²) in [7, 11) is 1.68. The van der Waals surface area contributed by atoms with Crippen molar-refractivity contribution in [1.82, 2.24) is 9.97 Å². The quantitative estimate of drug-likeness (QED) is 0.370. The van der Waals surface area contributed by atoms with Crippen LogP contribution in [0.3, 0.4) is 0 Å². The molecular formula is C24H25N3OS. The summed E-state index contributed by atoms with van der Waals surface area (Å²) in [5.41, 5.74) is 4.67. The molecule has 0 aliphatic heterocycles. The van der Waals surface area contributed by atoms with Gasteiger partial charge in [0.1, 0.15) is 22.2 Å². The van der Waals surface area contributed by atoms with Crippen LogP contribution in [0, 0.1) is 6.92 Å². The summed E-state index contributed by atoms with van der Waals surface area (Å²) in [4.78, 5) is 10.4. The predicted octanol–water partition coefficient (Wildman–Crippen LogP) is 6.76. The van der Waals surface area contributed by atoms with Crippen LogP contribution in [0.2, 0.25) is 0 Å². The van der Waals surface area contributed by atoms with Crippen LogP contribution in [-0.4, -0.2) is 17.1 Å². The second kappa shape index (κ2) is 8.62. The molecule has 2 heterocycles. The molecule has 29 heavy (non-hydrogen) atoms. The number of fused-ring (bicyclic) bond motifs is 1. The third-order valence-corrected chi connectivity index (χ3v) is 5.85. The van der Waals surface area contributed by atoms with Crippen LogP contribution >= 0.6 is 11.3 Å². The number of thiophene rings is 1. The van der Waals surface area contributed by atoms with Crippen LogP contribution in [0.25, 0.3) is 21.3 Å². The Kier molecular flexibility index (Phi) is 5.76.